The van der Waals surface area contributed by atoms with Crippen LogP contribution in [0.3, 0.4) is 0 Å². The maximum absolute atomic E-state index is 6.40. The molecule has 3 rings (SSSR count). The summed E-state index contributed by atoms with van der Waals surface area (Å²) in [4.78, 5) is 7.58. The van der Waals surface area contributed by atoms with E-state index in [1.165, 1.54) is 24.0 Å². The number of imidazole rings is 1. The average molecular weight is 235 g/mol. The number of rotatable bonds is 2. The molecule has 1 fully saturated rings. The van der Waals surface area contributed by atoms with E-state index in [0.717, 1.165) is 16.1 Å². The molecule has 1 heterocycles. The Bertz CT molecular complexity index is 538. The highest BCUT2D eigenvalue weighted by Gasteiger charge is 2.30. The highest BCUT2D eigenvalue weighted by Crippen LogP contribution is 2.48. The summed E-state index contributed by atoms with van der Waals surface area (Å²) in [6, 6.07) is 2.02. The molecule has 0 bridgehead atoms. The first-order chi connectivity index (χ1) is 7.68. The highest BCUT2D eigenvalue weighted by molar-refractivity contribution is 6.32. The molecule has 2 aromatic rings. The number of hydrogen-bond acceptors (Lipinski definition) is 1. The number of H-pyrrole nitrogens is 1. The van der Waals surface area contributed by atoms with E-state index in [4.69, 9.17) is 11.6 Å². The molecule has 0 spiro atoms. The van der Waals surface area contributed by atoms with Crippen LogP contribution in [-0.4, -0.2) is 9.97 Å². The monoisotopic (exact) mass is 234 g/mol. The zero-order valence-corrected chi connectivity index (χ0v) is 10.3. The first-order valence-corrected chi connectivity index (χ1v) is 6.21. The second-order valence-electron chi connectivity index (χ2n) is 4.91. The van der Waals surface area contributed by atoms with Gasteiger partial charge in [-0.25, -0.2) is 4.98 Å². The lowest BCUT2D eigenvalue weighted by Gasteiger charge is -2.14. The van der Waals surface area contributed by atoms with Gasteiger partial charge in [0.1, 0.15) is 0 Å². The van der Waals surface area contributed by atoms with Crippen molar-refractivity contribution in [2.45, 2.75) is 38.5 Å². The maximum atomic E-state index is 6.40. The van der Waals surface area contributed by atoms with Gasteiger partial charge in [0.15, 0.2) is 0 Å². The van der Waals surface area contributed by atoms with Crippen LogP contribution in [0.4, 0.5) is 0 Å². The molecular weight excluding hydrogens is 220 g/mol. The van der Waals surface area contributed by atoms with E-state index < -0.39 is 0 Å². The van der Waals surface area contributed by atoms with E-state index in [0.29, 0.717) is 11.8 Å². The molecule has 0 amide bonds. The largest absolute Gasteiger partial charge is 0.345 e. The molecule has 1 aliphatic carbocycles. The average Bonchev–Trinajstić information content (AvgIpc) is 2.95. The molecule has 2 nitrogen and oxygen atoms in total. The molecule has 0 saturated heterocycles. The number of benzene rings is 1. The second-order valence-corrected chi connectivity index (χ2v) is 5.32. The van der Waals surface area contributed by atoms with Crippen LogP contribution in [0.15, 0.2) is 12.4 Å². The molecule has 84 valence electrons. The van der Waals surface area contributed by atoms with Gasteiger partial charge in [-0.3, -0.25) is 0 Å². The third-order valence-electron chi connectivity index (χ3n) is 3.31. The Hall–Kier alpha value is -1.02. The lowest BCUT2D eigenvalue weighted by Crippen LogP contribution is -1.98. The SMILES string of the molecule is CC(C)c1c(C2CC2)c(Cl)cc2[nH]cnc12. The maximum Gasteiger partial charge on any atom is 0.0932 e. The first-order valence-electron chi connectivity index (χ1n) is 5.84. The fourth-order valence-corrected chi connectivity index (χ4v) is 2.83. The van der Waals surface area contributed by atoms with Crippen LogP contribution in [0, 0.1) is 0 Å². The van der Waals surface area contributed by atoms with Gasteiger partial charge in [-0.15, -0.1) is 0 Å². The number of halogens is 1. The molecule has 16 heavy (non-hydrogen) atoms. The molecule has 1 saturated carbocycles. The summed E-state index contributed by atoms with van der Waals surface area (Å²) in [5, 5.41) is 0.906. The Morgan fingerprint density at radius 2 is 2.19 bits per heavy atom. The standard InChI is InChI=1S/C13H15ClN2/c1-7(2)11-12(8-3-4-8)9(14)5-10-13(11)16-6-15-10/h5-8H,3-4H2,1-2H3,(H,15,16). The van der Waals surface area contributed by atoms with Gasteiger partial charge < -0.3 is 4.98 Å². The number of fused-ring (bicyclic) bond motifs is 1. The Labute approximate surface area is 100 Å². The van der Waals surface area contributed by atoms with Crippen LogP contribution >= 0.6 is 11.6 Å². The molecule has 0 unspecified atom stereocenters. The Morgan fingerprint density at radius 1 is 1.44 bits per heavy atom. The minimum Gasteiger partial charge on any atom is -0.345 e. The van der Waals surface area contributed by atoms with Crippen molar-refractivity contribution in [1.29, 1.82) is 0 Å². The van der Waals surface area contributed by atoms with Gasteiger partial charge in [0.2, 0.25) is 0 Å². The van der Waals surface area contributed by atoms with Crippen molar-refractivity contribution >= 4 is 22.6 Å². The van der Waals surface area contributed by atoms with Crippen molar-refractivity contribution in [3.8, 4) is 0 Å². The Morgan fingerprint density at radius 3 is 2.81 bits per heavy atom. The Balaban J connectivity index is 2.35. The quantitative estimate of drug-likeness (QED) is 0.828. The molecule has 1 aliphatic rings. The number of nitrogens with zero attached hydrogens (tertiary/aromatic N) is 1. The second kappa shape index (κ2) is 3.49. The zero-order chi connectivity index (χ0) is 11.3. The molecule has 1 aromatic heterocycles. The summed E-state index contributed by atoms with van der Waals surface area (Å²) in [5.74, 6) is 1.14. The van der Waals surface area contributed by atoms with Crippen molar-refractivity contribution in [1.82, 2.24) is 9.97 Å². The van der Waals surface area contributed by atoms with Crippen LogP contribution in [0.2, 0.25) is 5.02 Å². The summed E-state index contributed by atoms with van der Waals surface area (Å²) >= 11 is 6.40. The van der Waals surface area contributed by atoms with Gasteiger partial charge in [-0.2, -0.15) is 0 Å². The summed E-state index contributed by atoms with van der Waals surface area (Å²) < 4.78 is 0. The van der Waals surface area contributed by atoms with Gasteiger partial charge in [0.05, 0.1) is 17.4 Å². The van der Waals surface area contributed by atoms with Gasteiger partial charge in [-0.1, -0.05) is 25.4 Å². The topological polar surface area (TPSA) is 28.7 Å². The predicted octanol–water partition coefficient (Wildman–Crippen LogP) is 4.22. The normalized spacial score (nSPS) is 16.2. The summed E-state index contributed by atoms with van der Waals surface area (Å²) in [6.07, 6.45) is 4.30. The van der Waals surface area contributed by atoms with E-state index in [2.05, 4.69) is 23.8 Å². The molecule has 1 N–H and O–H groups in total. The molecule has 3 heteroatoms. The summed E-state index contributed by atoms with van der Waals surface area (Å²) in [5.41, 5.74) is 4.84. The zero-order valence-electron chi connectivity index (χ0n) is 9.55. The van der Waals surface area contributed by atoms with Crippen LogP contribution in [0.5, 0.6) is 0 Å². The van der Waals surface area contributed by atoms with Crippen molar-refractivity contribution < 1.29 is 0 Å². The minimum atomic E-state index is 0.472. The van der Waals surface area contributed by atoms with Crippen LogP contribution in [-0.2, 0) is 0 Å². The molecule has 0 aliphatic heterocycles. The van der Waals surface area contributed by atoms with Crippen molar-refractivity contribution in [3.05, 3.63) is 28.5 Å². The molecule has 1 aromatic carbocycles. The third-order valence-corrected chi connectivity index (χ3v) is 3.62. The predicted molar refractivity (Wildman–Crippen MR) is 67.2 cm³/mol. The first kappa shape index (κ1) is 10.2. The van der Waals surface area contributed by atoms with Gasteiger partial charge in [0.25, 0.3) is 0 Å². The molecular formula is C13H15ClN2. The smallest absolute Gasteiger partial charge is 0.0932 e. The molecule has 0 atom stereocenters. The number of hydrogen-bond donors (Lipinski definition) is 1. The summed E-state index contributed by atoms with van der Waals surface area (Å²) in [6.45, 7) is 4.43. The van der Waals surface area contributed by atoms with E-state index >= 15 is 0 Å². The lowest BCUT2D eigenvalue weighted by molar-refractivity contribution is 0.849. The molecule has 0 radical (unpaired) electrons. The van der Waals surface area contributed by atoms with Crippen molar-refractivity contribution in [2.75, 3.05) is 0 Å². The van der Waals surface area contributed by atoms with E-state index in [1.807, 2.05) is 6.07 Å². The van der Waals surface area contributed by atoms with E-state index in [1.54, 1.807) is 6.33 Å². The van der Waals surface area contributed by atoms with Crippen LogP contribution < -0.4 is 0 Å². The van der Waals surface area contributed by atoms with E-state index in [-0.39, 0.29) is 0 Å². The third kappa shape index (κ3) is 1.44. The van der Waals surface area contributed by atoms with Crippen molar-refractivity contribution in [2.24, 2.45) is 0 Å². The number of nitrogens with one attached hydrogen (secondary N) is 1. The number of aromatic nitrogens is 2. The highest BCUT2D eigenvalue weighted by atomic mass is 35.5. The van der Waals surface area contributed by atoms with E-state index in [9.17, 15) is 0 Å². The fourth-order valence-electron chi connectivity index (χ4n) is 2.46. The van der Waals surface area contributed by atoms with Crippen molar-refractivity contribution in [3.63, 3.8) is 0 Å². The minimum absolute atomic E-state index is 0.472. The Kier molecular flexibility index (Phi) is 2.21. The van der Waals surface area contributed by atoms with Crippen LogP contribution in [0.25, 0.3) is 11.0 Å². The lowest BCUT2D eigenvalue weighted by atomic mass is 9.93. The van der Waals surface area contributed by atoms with Gasteiger partial charge >= 0.3 is 0 Å². The summed E-state index contributed by atoms with van der Waals surface area (Å²) in [7, 11) is 0. The van der Waals surface area contributed by atoms with Gasteiger partial charge in [0, 0.05) is 5.02 Å². The fraction of sp³-hybridized carbons (Fsp3) is 0.462. The number of aromatic amines is 1. The van der Waals surface area contributed by atoms with Crippen LogP contribution in [0.1, 0.15) is 49.7 Å². The van der Waals surface area contributed by atoms with Gasteiger partial charge in [-0.05, 0) is 41.9 Å².